The van der Waals surface area contributed by atoms with E-state index in [0.717, 1.165) is 6.54 Å². The number of benzene rings is 2. The van der Waals surface area contributed by atoms with Crippen molar-refractivity contribution in [3.63, 3.8) is 0 Å². The van der Waals surface area contributed by atoms with Crippen molar-refractivity contribution in [3.05, 3.63) is 76.8 Å². The molecule has 0 unspecified atom stereocenters. The molecule has 5 heteroatoms. The Bertz CT molecular complexity index is 861. The van der Waals surface area contributed by atoms with Crippen LogP contribution in [0.4, 0.5) is 0 Å². The van der Waals surface area contributed by atoms with E-state index in [2.05, 4.69) is 17.1 Å². The molecular formula is C19H21N3O2. The summed E-state index contributed by atoms with van der Waals surface area (Å²) in [5.41, 5.74) is 1.75. The second-order valence-corrected chi connectivity index (χ2v) is 6.06. The average molecular weight is 323 g/mol. The molecule has 0 aliphatic rings. The van der Waals surface area contributed by atoms with Gasteiger partial charge in [0.05, 0.1) is 29.9 Å². The van der Waals surface area contributed by atoms with Crippen LogP contribution < -0.4 is 5.56 Å². The van der Waals surface area contributed by atoms with Crippen LogP contribution in [0.25, 0.3) is 10.9 Å². The lowest BCUT2D eigenvalue weighted by atomic mass is 10.2. The minimum Gasteiger partial charge on any atom is -0.390 e. The van der Waals surface area contributed by atoms with Gasteiger partial charge in [0, 0.05) is 13.1 Å². The smallest absolute Gasteiger partial charge is 0.261 e. The number of aliphatic hydroxyl groups is 1. The molecule has 0 saturated heterocycles. The van der Waals surface area contributed by atoms with Crippen LogP contribution in [-0.2, 0) is 13.1 Å². The van der Waals surface area contributed by atoms with Crippen molar-refractivity contribution < 1.29 is 5.11 Å². The van der Waals surface area contributed by atoms with E-state index in [9.17, 15) is 9.90 Å². The molecule has 1 N–H and O–H groups in total. The highest BCUT2D eigenvalue weighted by Crippen LogP contribution is 2.06. The molecule has 0 fully saturated rings. The number of aromatic nitrogens is 2. The third kappa shape index (κ3) is 3.88. The predicted octanol–water partition coefficient (Wildman–Crippen LogP) is 1.89. The number of aliphatic hydroxyl groups excluding tert-OH is 1. The Morgan fingerprint density at radius 2 is 1.83 bits per heavy atom. The second-order valence-electron chi connectivity index (χ2n) is 6.06. The summed E-state index contributed by atoms with van der Waals surface area (Å²) in [6, 6.07) is 17.3. The van der Waals surface area contributed by atoms with Crippen LogP contribution in [0.3, 0.4) is 0 Å². The maximum atomic E-state index is 12.4. The lowest BCUT2D eigenvalue weighted by molar-refractivity contribution is 0.106. The molecule has 24 heavy (non-hydrogen) atoms. The van der Waals surface area contributed by atoms with E-state index >= 15 is 0 Å². The van der Waals surface area contributed by atoms with Crippen molar-refractivity contribution in [1.82, 2.24) is 14.5 Å². The molecule has 0 aliphatic carbocycles. The third-order valence-electron chi connectivity index (χ3n) is 3.96. The minimum absolute atomic E-state index is 0.120. The summed E-state index contributed by atoms with van der Waals surface area (Å²) in [5.74, 6) is 0. The minimum atomic E-state index is -0.639. The molecule has 0 aliphatic heterocycles. The van der Waals surface area contributed by atoms with E-state index in [1.165, 1.54) is 16.5 Å². The van der Waals surface area contributed by atoms with Gasteiger partial charge in [-0.25, -0.2) is 4.98 Å². The molecule has 1 atom stereocenters. The Hall–Kier alpha value is -2.50. The number of rotatable bonds is 6. The van der Waals surface area contributed by atoms with Gasteiger partial charge in [0.1, 0.15) is 0 Å². The molecule has 2 aromatic carbocycles. The standard InChI is InChI=1S/C19H21N3O2/c1-21(11-15-7-3-2-4-8-15)12-16(23)13-22-14-20-18-10-6-5-9-17(18)19(22)24/h2-10,14,16,23H,11-13H2,1H3/t16-/m0/s1. The number of hydrogen-bond donors (Lipinski definition) is 1. The topological polar surface area (TPSA) is 58.4 Å². The molecule has 3 aromatic rings. The summed E-state index contributed by atoms with van der Waals surface area (Å²) in [4.78, 5) is 18.8. The van der Waals surface area contributed by atoms with Gasteiger partial charge in [0.25, 0.3) is 5.56 Å². The van der Waals surface area contributed by atoms with Crippen molar-refractivity contribution >= 4 is 10.9 Å². The van der Waals surface area contributed by atoms with Gasteiger partial charge in [-0.3, -0.25) is 14.3 Å². The summed E-state index contributed by atoms with van der Waals surface area (Å²) in [6.45, 7) is 1.47. The van der Waals surface area contributed by atoms with E-state index in [0.29, 0.717) is 17.4 Å². The van der Waals surface area contributed by atoms with Crippen molar-refractivity contribution in [3.8, 4) is 0 Å². The molecule has 5 nitrogen and oxygen atoms in total. The Morgan fingerprint density at radius 3 is 2.62 bits per heavy atom. The molecule has 0 saturated carbocycles. The van der Waals surface area contributed by atoms with Crippen LogP contribution in [0, 0.1) is 0 Å². The molecule has 124 valence electrons. The number of nitrogens with zero attached hydrogens (tertiary/aromatic N) is 3. The van der Waals surface area contributed by atoms with Crippen molar-refractivity contribution in [2.75, 3.05) is 13.6 Å². The van der Waals surface area contributed by atoms with Crippen LogP contribution in [-0.4, -0.2) is 39.3 Å². The van der Waals surface area contributed by atoms with Gasteiger partial charge in [0.15, 0.2) is 0 Å². The van der Waals surface area contributed by atoms with Gasteiger partial charge in [0.2, 0.25) is 0 Å². The zero-order valence-corrected chi connectivity index (χ0v) is 13.7. The fraction of sp³-hybridized carbons (Fsp3) is 0.263. The molecule has 1 heterocycles. The second kappa shape index (κ2) is 7.38. The van der Waals surface area contributed by atoms with Crippen LogP contribution in [0.2, 0.25) is 0 Å². The van der Waals surface area contributed by atoms with Crippen LogP contribution >= 0.6 is 0 Å². The number of likely N-dealkylation sites (N-methyl/N-ethyl adjacent to an activating group) is 1. The Kier molecular flexibility index (Phi) is 5.03. The quantitative estimate of drug-likeness (QED) is 0.753. The van der Waals surface area contributed by atoms with Crippen molar-refractivity contribution in [2.24, 2.45) is 0 Å². The van der Waals surface area contributed by atoms with Crippen LogP contribution in [0.1, 0.15) is 5.56 Å². The Balaban J connectivity index is 1.65. The Morgan fingerprint density at radius 1 is 1.12 bits per heavy atom. The fourth-order valence-electron chi connectivity index (χ4n) is 2.84. The molecule has 0 amide bonds. The van der Waals surface area contributed by atoms with Gasteiger partial charge < -0.3 is 5.11 Å². The number of para-hydroxylation sites is 1. The van der Waals surface area contributed by atoms with Gasteiger partial charge in [-0.1, -0.05) is 42.5 Å². The van der Waals surface area contributed by atoms with E-state index in [1.807, 2.05) is 48.3 Å². The highest BCUT2D eigenvalue weighted by Gasteiger charge is 2.12. The first-order chi connectivity index (χ1) is 11.6. The lowest BCUT2D eigenvalue weighted by Crippen LogP contribution is -2.34. The molecule has 0 radical (unpaired) electrons. The SMILES string of the molecule is CN(Cc1ccccc1)C[C@H](O)Cn1cnc2ccccc2c1=O. The van der Waals surface area contributed by atoms with E-state index in [1.54, 1.807) is 6.07 Å². The first-order valence-electron chi connectivity index (χ1n) is 7.98. The largest absolute Gasteiger partial charge is 0.390 e. The monoisotopic (exact) mass is 323 g/mol. The van der Waals surface area contributed by atoms with E-state index < -0.39 is 6.10 Å². The Labute approximate surface area is 140 Å². The number of fused-ring (bicyclic) bond motifs is 1. The normalized spacial score (nSPS) is 12.6. The van der Waals surface area contributed by atoms with Gasteiger partial charge >= 0.3 is 0 Å². The van der Waals surface area contributed by atoms with Crippen molar-refractivity contribution in [1.29, 1.82) is 0 Å². The van der Waals surface area contributed by atoms with E-state index in [-0.39, 0.29) is 12.1 Å². The summed E-state index contributed by atoms with van der Waals surface area (Å²) in [7, 11) is 1.96. The van der Waals surface area contributed by atoms with Gasteiger partial charge in [-0.2, -0.15) is 0 Å². The third-order valence-corrected chi connectivity index (χ3v) is 3.96. The lowest BCUT2D eigenvalue weighted by Gasteiger charge is -2.21. The molecule has 0 bridgehead atoms. The maximum absolute atomic E-state index is 12.4. The highest BCUT2D eigenvalue weighted by molar-refractivity contribution is 5.76. The van der Waals surface area contributed by atoms with Gasteiger partial charge in [-0.05, 0) is 24.7 Å². The fourth-order valence-corrected chi connectivity index (χ4v) is 2.84. The highest BCUT2D eigenvalue weighted by atomic mass is 16.3. The number of hydrogen-bond acceptors (Lipinski definition) is 4. The molecule has 3 rings (SSSR count). The molecule has 1 aromatic heterocycles. The zero-order valence-electron chi connectivity index (χ0n) is 13.7. The predicted molar refractivity (Wildman–Crippen MR) is 94.8 cm³/mol. The van der Waals surface area contributed by atoms with Crippen LogP contribution in [0.15, 0.2) is 65.7 Å². The zero-order chi connectivity index (χ0) is 16.9. The summed E-state index contributed by atoms with van der Waals surface area (Å²) in [6.07, 6.45) is 0.866. The summed E-state index contributed by atoms with van der Waals surface area (Å²) >= 11 is 0. The van der Waals surface area contributed by atoms with Crippen LogP contribution in [0.5, 0.6) is 0 Å². The maximum Gasteiger partial charge on any atom is 0.261 e. The summed E-state index contributed by atoms with van der Waals surface area (Å²) < 4.78 is 1.48. The first kappa shape index (κ1) is 16.4. The first-order valence-corrected chi connectivity index (χ1v) is 7.98. The van der Waals surface area contributed by atoms with E-state index in [4.69, 9.17) is 0 Å². The summed E-state index contributed by atoms with van der Waals surface area (Å²) in [5, 5.41) is 10.9. The molecule has 0 spiro atoms. The van der Waals surface area contributed by atoms with Gasteiger partial charge in [-0.15, -0.1) is 0 Å². The average Bonchev–Trinajstić information content (AvgIpc) is 2.58. The van der Waals surface area contributed by atoms with Crippen molar-refractivity contribution in [2.45, 2.75) is 19.2 Å². The molecular weight excluding hydrogens is 302 g/mol.